The van der Waals surface area contributed by atoms with Crippen LogP contribution in [0, 0.1) is 0 Å². The third kappa shape index (κ3) is 10.2. The number of nitrogens with zero attached hydrogens (tertiary/aromatic N) is 8. The number of aldehydes is 1. The van der Waals surface area contributed by atoms with Crippen molar-refractivity contribution in [3.8, 4) is 22.8 Å². The van der Waals surface area contributed by atoms with Gasteiger partial charge >= 0.3 is 0 Å². The molecule has 2 aromatic carbocycles. The first-order valence-corrected chi connectivity index (χ1v) is 11.9. The van der Waals surface area contributed by atoms with Crippen molar-refractivity contribution >= 4 is 12.2 Å². The van der Waals surface area contributed by atoms with Gasteiger partial charge in [0.1, 0.15) is 24.8 Å². The predicted octanol–water partition coefficient (Wildman–Crippen LogP) is 4.66. The van der Waals surface area contributed by atoms with Gasteiger partial charge in [0, 0.05) is 36.8 Å². The van der Waals surface area contributed by atoms with Gasteiger partial charge in [-0.2, -0.15) is 10.1 Å². The van der Waals surface area contributed by atoms with Crippen molar-refractivity contribution in [2.45, 2.75) is 27.7 Å². The fraction of sp³-hybridized carbons (Fsp3) is 0.138. The number of aryl methyl sites for hydroxylation is 2. The third-order valence-electron chi connectivity index (χ3n) is 5.12. The van der Waals surface area contributed by atoms with Crippen LogP contribution in [-0.2, 0) is 12.8 Å². The first-order valence-electron chi connectivity index (χ1n) is 11.9. The predicted molar refractivity (Wildman–Crippen MR) is 158 cm³/mol. The Kier molecular flexibility index (Phi) is 13.1. The lowest BCUT2D eigenvalue weighted by Gasteiger charge is -1.97. The molecule has 0 radical (unpaired) electrons. The first kappa shape index (κ1) is 31.6. The number of carbonyl (C=O) groups excluding carboxylic acids is 1. The van der Waals surface area contributed by atoms with Gasteiger partial charge in [-0.15, -0.1) is 5.10 Å². The summed E-state index contributed by atoms with van der Waals surface area (Å²) in [5, 5.41) is 13.5. The zero-order valence-corrected chi connectivity index (χ0v) is 20.8. The van der Waals surface area contributed by atoms with Crippen LogP contribution in [0.25, 0.3) is 22.8 Å². The number of nitrogen functional groups attached to an aromatic ring is 1. The van der Waals surface area contributed by atoms with E-state index in [0.29, 0.717) is 11.6 Å². The van der Waals surface area contributed by atoms with Gasteiger partial charge in [0.25, 0.3) is 0 Å². The van der Waals surface area contributed by atoms with E-state index in [9.17, 15) is 4.79 Å². The maximum absolute atomic E-state index is 10.0. The summed E-state index contributed by atoms with van der Waals surface area (Å²) < 4.78 is 0. The van der Waals surface area contributed by atoms with E-state index in [1.165, 1.54) is 18.2 Å². The molecule has 0 aliphatic carbocycles. The van der Waals surface area contributed by atoms with Gasteiger partial charge in [-0.25, -0.2) is 24.9 Å². The maximum atomic E-state index is 10.0. The fourth-order valence-corrected chi connectivity index (χ4v) is 3.22. The van der Waals surface area contributed by atoms with Crippen LogP contribution < -0.4 is 5.73 Å². The second kappa shape index (κ2) is 17.0. The molecule has 4 aromatic heterocycles. The highest BCUT2D eigenvalue weighted by molar-refractivity contribution is 5.74. The summed E-state index contributed by atoms with van der Waals surface area (Å²) in [6.07, 6.45) is 12.2. The molecule has 0 aliphatic rings. The van der Waals surface area contributed by atoms with Gasteiger partial charge in [-0.3, -0.25) is 15.0 Å². The minimum absolute atomic E-state index is 0. The normalized spacial score (nSPS) is 9.46. The Hall–Kier alpha value is -5.65. The lowest BCUT2D eigenvalue weighted by atomic mass is 10.1. The molecule has 0 spiro atoms. The zero-order chi connectivity index (χ0) is 27.1. The van der Waals surface area contributed by atoms with Gasteiger partial charge in [0.15, 0.2) is 11.6 Å². The number of anilines is 1. The summed E-state index contributed by atoms with van der Waals surface area (Å²) in [7, 11) is 0. The molecule has 4 N–H and O–H groups in total. The van der Waals surface area contributed by atoms with E-state index in [4.69, 9.17) is 5.73 Å². The van der Waals surface area contributed by atoms with Gasteiger partial charge in [-0.05, 0) is 12.0 Å². The topological polar surface area (TPSA) is 178 Å². The Bertz CT molecular complexity index is 1520. The van der Waals surface area contributed by atoms with Crippen LogP contribution in [-0.4, -0.2) is 56.6 Å². The molecule has 12 nitrogen and oxygen atoms in total. The number of aromatic nitrogens is 10. The van der Waals surface area contributed by atoms with Gasteiger partial charge < -0.3 is 5.73 Å². The zero-order valence-electron chi connectivity index (χ0n) is 20.8. The SMILES string of the molecule is C.C.Nc1n[nH]c(-c2cncnc2)n1.O=Cc1ccccc1.c1ccc(CCc2nc(-c3cncnc3)n[nH]2)cc1. The number of H-pyrrole nitrogens is 2. The van der Waals surface area contributed by atoms with E-state index in [2.05, 4.69) is 62.4 Å². The molecule has 0 bridgehead atoms. The smallest absolute Gasteiger partial charge is 0.239 e. The molecule has 4 heterocycles. The molecular formula is C29H33N11O. The average molecular weight is 552 g/mol. The van der Waals surface area contributed by atoms with E-state index >= 15 is 0 Å². The molecule has 6 rings (SSSR count). The van der Waals surface area contributed by atoms with Gasteiger partial charge in [-0.1, -0.05) is 75.5 Å². The van der Waals surface area contributed by atoms with E-state index in [0.717, 1.165) is 41.6 Å². The quantitative estimate of drug-likeness (QED) is 0.246. The summed E-state index contributed by atoms with van der Waals surface area (Å²) in [5.74, 6) is 2.31. The number of benzene rings is 2. The van der Waals surface area contributed by atoms with Crippen LogP contribution in [0.5, 0.6) is 0 Å². The summed E-state index contributed by atoms with van der Waals surface area (Å²) in [6.45, 7) is 0. The largest absolute Gasteiger partial charge is 0.366 e. The highest BCUT2D eigenvalue weighted by Gasteiger charge is 2.06. The lowest BCUT2D eigenvalue weighted by molar-refractivity contribution is 0.112. The van der Waals surface area contributed by atoms with Crippen molar-refractivity contribution in [2.24, 2.45) is 0 Å². The Labute approximate surface area is 238 Å². The Morgan fingerprint density at radius 2 is 1.27 bits per heavy atom. The fourth-order valence-electron chi connectivity index (χ4n) is 3.22. The molecule has 0 aliphatic heterocycles. The van der Waals surface area contributed by atoms with Crippen LogP contribution >= 0.6 is 0 Å². The minimum Gasteiger partial charge on any atom is -0.366 e. The van der Waals surface area contributed by atoms with Crippen molar-refractivity contribution in [3.63, 3.8) is 0 Å². The summed E-state index contributed by atoms with van der Waals surface area (Å²) >= 11 is 0. The molecule has 41 heavy (non-hydrogen) atoms. The van der Waals surface area contributed by atoms with Crippen LogP contribution in [0.1, 0.15) is 36.6 Å². The highest BCUT2D eigenvalue weighted by atomic mass is 16.1. The molecule has 0 atom stereocenters. The van der Waals surface area contributed by atoms with Gasteiger partial charge in [0.05, 0.1) is 11.1 Å². The monoisotopic (exact) mass is 551 g/mol. The highest BCUT2D eigenvalue weighted by Crippen LogP contribution is 2.12. The molecule has 0 fully saturated rings. The Morgan fingerprint density at radius 3 is 1.80 bits per heavy atom. The molecular weight excluding hydrogens is 518 g/mol. The molecule has 0 saturated carbocycles. The number of nitrogens with one attached hydrogen (secondary N) is 2. The summed E-state index contributed by atoms with van der Waals surface area (Å²) in [4.78, 5) is 33.9. The average Bonchev–Trinajstić information content (AvgIpc) is 3.68. The number of rotatable bonds is 6. The Morgan fingerprint density at radius 1 is 0.683 bits per heavy atom. The second-order valence-electron chi connectivity index (χ2n) is 7.92. The summed E-state index contributed by atoms with van der Waals surface area (Å²) in [5.41, 5.74) is 8.93. The standard InChI is InChI=1S/C14H13N5.C7H6O.C6H6N6.2CH4/c1-2-4-11(5-3-1)6-7-13-17-14(19-18-13)12-8-15-10-16-9-12;8-6-7-4-2-1-3-5-7;7-6-10-5(11-12-6)4-1-8-3-9-2-4;;/h1-5,8-10H,6-7H2,(H,17,18,19);1-6H;1-3H,(H3,7,10,11,12);2*1H4. The molecule has 210 valence electrons. The van der Waals surface area contributed by atoms with Crippen LogP contribution in [0.3, 0.4) is 0 Å². The first-order chi connectivity index (χ1) is 19.2. The van der Waals surface area contributed by atoms with Crippen molar-refractivity contribution in [1.29, 1.82) is 0 Å². The number of nitrogens with two attached hydrogens (primary N) is 1. The van der Waals surface area contributed by atoms with E-state index in [-0.39, 0.29) is 20.8 Å². The Balaban J connectivity index is 0.000000230. The number of hydrogen-bond donors (Lipinski definition) is 3. The molecule has 0 unspecified atom stereocenters. The number of carbonyl (C=O) groups is 1. The maximum Gasteiger partial charge on any atom is 0.239 e. The second-order valence-corrected chi connectivity index (χ2v) is 7.92. The van der Waals surface area contributed by atoms with Crippen LogP contribution in [0.2, 0.25) is 0 Å². The van der Waals surface area contributed by atoms with E-state index < -0.39 is 0 Å². The minimum atomic E-state index is 0. The van der Waals surface area contributed by atoms with Gasteiger partial charge in [0.2, 0.25) is 5.95 Å². The molecule has 12 heteroatoms. The lowest BCUT2D eigenvalue weighted by Crippen LogP contribution is -1.93. The summed E-state index contributed by atoms with van der Waals surface area (Å²) in [6, 6.07) is 19.4. The van der Waals surface area contributed by atoms with Crippen molar-refractivity contribution < 1.29 is 4.79 Å². The van der Waals surface area contributed by atoms with Crippen molar-refractivity contribution in [1.82, 2.24) is 50.3 Å². The number of hydrogen-bond acceptors (Lipinski definition) is 10. The van der Waals surface area contributed by atoms with Crippen LogP contribution in [0.4, 0.5) is 5.95 Å². The third-order valence-corrected chi connectivity index (χ3v) is 5.12. The van der Waals surface area contributed by atoms with Crippen LogP contribution in [0.15, 0.2) is 98.1 Å². The van der Waals surface area contributed by atoms with Crippen molar-refractivity contribution in [3.05, 3.63) is 115 Å². The van der Waals surface area contributed by atoms with E-state index in [1.807, 2.05) is 36.4 Å². The molecule has 0 saturated heterocycles. The number of aromatic amines is 2. The van der Waals surface area contributed by atoms with Crippen molar-refractivity contribution in [2.75, 3.05) is 5.73 Å². The molecule has 0 amide bonds. The van der Waals surface area contributed by atoms with E-state index in [1.54, 1.807) is 36.9 Å². The molecule has 6 aromatic rings.